The van der Waals surface area contributed by atoms with Gasteiger partial charge in [-0.3, -0.25) is 28.9 Å². The summed E-state index contributed by atoms with van der Waals surface area (Å²) in [5, 5.41) is 28.4. The highest BCUT2D eigenvalue weighted by atomic mass is 16.4. The molecule has 1 aromatic heterocycles. The van der Waals surface area contributed by atoms with Crippen LogP contribution in [0, 0.1) is 23.7 Å². The number of carbonyl (C=O) groups is 5. The lowest BCUT2D eigenvalue weighted by Crippen LogP contribution is -2.51. The molecular weight excluding hydrogens is 530 g/mol. The molecule has 0 spiro atoms. The van der Waals surface area contributed by atoms with Gasteiger partial charge in [0, 0.05) is 30.4 Å². The molecule has 13 heteroatoms. The number of amides is 3. The number of anilines is 1. The molecule has 2 heterocycles. The average molecular weight is 566 g/mol. The number of tetrazole rings is 1. The summed E-state index contributed by atoms with van der Waals surface area (Å²) in [5.74, 6) is -4.71. The highest BCUT2D eigenvalue weighted by molar-refractivity contribution is 6.05. The van der Waals surface area contributed by atoms with E-state index in [0.29, 0.717) is 30.8 Å². The third-order valence-electron chi connectivity index (χ3n) is 8.02. The maximum absolute atomic E-state index is 13.5. The summed E-state index contributed by atoms with van der Waals surface area (Å²) in [6, 6.07) is 6.36. The fourth-order valence-electron chi connectivity index (χ4n) is 5.47. The van der Waals surface area contributed by atoms with Gasteiger partial charge in [-0.05, 0) is 30.4 Å². The van der Waals surface area contributed by atoms with E-state index in [1.54, 1.807) is 18.2 Å². The van der Waals surface area contributed by atoms with Gasteiger partial charge in [0.15, 0.2) is 5.82 Å². The SMILES string of the molecule is CC[C@H](C)[C@H](CC(=O)C1CC=CCC1C(=O)O)C(=O)NCC(=O)N1c2ccccc2C[C@H]1C(=O)NCc1nn[nH]n1. The first-order chi connectivity index (χ1) is 19.7. The Kier molecular flexibility index (Phi) is 9.58. The molecular formula is C28H35N7O6. The van der Waals surface area contributed by atoms with Crippen molar-refractivity contribution in [1.82, 2.24) is 31.3 Å². The quantitative estimate of drug-likeness (QED) is 0.274. The molecule has 41 heavy (non-hydrogen) atoms. The zero-order valence-electron chi connectivity index (χ0n) is 23.1. The number of carboxylic acids is 1. The lowest BCUT2D eigenvalue weighted by molar-refractivity contribution is -0.147. The van der Waals surface area contributed by atoms with Crippen molar-refractivity contribution in [1.29, 1.82) is 0 Å². The third kappa shape index (κ3) is 6.84. The number of nitrogens with one attached hydrogen (secondary N) is 3. The van der Waals surface area contributed by atoms with Gasteiger partial charge in [0.1, 0.15) is 11.8 Å². The van der Waals surface area contributed by atoms with E-state index in [0.717, 1.165) is 5.56 Å². The molecule has 1 aliphatic carbocycles. The maximum atomic E-state index is 13.5. The van der Waals surface area contributed by atoms with Gasteiger partial charge in [-0.1, -0.05) is 55.8 Å². The fourth-order valence-corrected chi connectivity index (χ4v) is 5.47. The molecule has 2 aliphatic rings. The summed E-state index contributed by atoms with van der Waals surface area (Å²) in [5.41, 5.74) is 1.41. The third-order valence-corrected chi connectivity index (χ3v) is 8.02. The Labute approximate surface area is 237 Å². The second-order valence-corrected chi connectivity index (χ2v) is 10.5. The first kappa shape index (κ1) is 29.6. The van der Waals surface area contributed by atoms with Gasteiger partial charge in [-0.15, -0.1) is 10.2 Å². The molecule has 3 amide bonds. The number of nitrogens with zero attached hydrogens (tertiary/aromatic N) is 4. The van der Waals surface area contributed by atoms with Gasteiger partial charge in [0.25, 0.3) is 0 Å². The predicted octanol–water partition coefficient (Wildman–Crippen LogP) is 1.18. The number of H-pyrrole nitrogens is 1. The van der Waals surface area contributed by atoms with Gasteiger partial charge in [0.2, 0.25) is 17.7 Å². The number of aromatic amines is 1. The molecule has 0 bridgehead atoms. The van der Waals surface area contributed by atoms with Crippen LogP contribution in [0.1, 0.15) is 50.9 Å². The first-order valence-electron chi connectivity index (χ1n) is 13.8. The fraction of sp³-hybridized carbons (Fsp3) is 0.500. The van der Waals surface area contributed by atoms with E-state index >= 15 is 0 Å². The predicted molar refractivity (Wildman–Crippen MR) is 146 cm³/mol. The highest BCUT2D eigenvalue weighted by Gasteiger charge is 2.39. The number of aliphatic carboxylic acids is 1. The van der Waals surface area contributed by atoms with Crippen LogP contribution in [0.15, 0.2) is 36.4 Å². The Morgan fingerprint density at radius 2 is 1.83 bits per heavy atom. The standard InChI is InChI=1S/C28H35N7O6/c1-3-16(2)20(13-23(36)18-9-5-6-10-19(18)28(40)41)26(38)30-15-25(37)35-21-11-7-4-8-17(21)12-22(35)27(39)29-14-24-31-33-34-32-24/h4-8,11,16,18-20,22H,3,9-10,12-15H2,1-2H3,(H,29,39)(H,30,38)(H,40,41)(H,31,32,33,34)/t16-,18?,19?,20-,22-/m0/s1. The van der Waals surface area contributed by atoms with Crippen molar-refractivity contribution in [3.05, 3.63) is 47.8 Å². The topological polar surface area (TPSA) is 187 Å². The van der Waals surface area contributed by atoms with Crippen LogP contribution in [0.2, 0.25) is 0 Å². The molecule has 5 atom stereocenters. The molecule has 2 unspecified atom stereocenters. The number of carboxylic acid groups (broad SMARTS) is 1. The number of allylic oxidation sites excluding steroid dienone is 2. The Balaban J connectivity index is 1.43. The molecule has 4 rings (SSSR count). The van der Waals surface area contributed by atoms with Crippen LogP contribution in [-0.4, -0.2) is 67.8 Å². The summed E-state index contributed by atoms with van der Waals surface area (Å²) in [6.45, 7) is 3.43. The van der Waals surface area contributed by atoms with Crippen molar-refractivity contribution in [2.75, 3.05) is 11.4 Å². The largest absolute Gasteiger partial charge is 0.481 e. The smallest absolute Gasteiger partial charge is 0.307 e. The minimum absolute atomic E-state index is 0.0328. The minimum Gasteiger partial charge on any atom is -0.481 e. The van der Waals surface area contributed by atoms with E-state index < -0.39 is 47.5 Å². The second-order valence-electron chi connectivity index (χ2n) is 10.5. The van der Waals surface area contributed by atoms with Gasteiger partial charge >= 0.3 is 5.97 Å². The Bertz CT molecular complexity index is 1310. The van der Waals surface area contributed by atoms with Crippen LogP contribution in [0.4, 0.5) is 5.69 Å². The van der Waals surface area contributed by atoms with Crippen LogP contribution in [-0.2, 0) is 36.9 Å². The van der Waals surface area contributed by atoms with E-state index in [1.165, 1.54) is 4.90 Å². The summed E-state index contributed by atoms with van der Waals surface area (Å²) in [6.07, 6.45) is 5.00. The van der Waals surface area contributed by atoms with E-state index in [9.17, 15) is 29.1 Å². The Morgan fingerprint density at radius 1 is 1.10 bits per heavy atom. The second kappa shape index (κ2) is 13.3. The molecule has 2 aromatic rings. The maximum Gasteiger partial charge on any atom is 0.307 e. The van der Waals surface area contributed by atoms with Crippen LogP contribution >= 0.6 is 0 Å². The number of hydrogen-bond acceptors (Lipinski definition) is 8. The monoisotopic (exact) mass is 565 g/mol. The van der Waals surface area contributed by atoms with Crippen LogP contribution in [0.3, 0.4) is 0 Å². The normalized spacial score (nSPS) is 21.0. The molecule has 0 saturated heterocycles. The molecule has 13 nitrogen and oxygen atoms in total. The number of hydrogen-bond donors (Lipinski definition) is 4. The summed E-state index contributed by atoms with van der Waals surface area (Å²) in [4.78, 5) is 66.1. The van der Waals surface area contributed by atoms with Crippen molar-refractivity contribution in [2.45, 2.75) is 58.5 Å². The number of Topliss-reactive ketones (excluding diaryl/α,β-unsaturated/α-hetero) is 1. The van der Waals surface area contributed by atoms with Crippen molar-refractivity contribution < 1.29 is 29.1 Å². The molecule has 0 saturated carbocycles. The highest BCUT2D eigenvalue weighted by Crippen LogP contribution is 2.33. The number of ketones is 1. The molecule has 218 valence electrons. The van der Waals surface area contributed by atoms with Gasteiger partial charge < -0.3 is 15.7 Å². The van der Waals surface area contributed by atoms with E-state index in [4.69, 9.17) is 0 Å². The molecule has 4 N–H and O–H groups in total. The zero-order chi connectivity index (χ0) is 29.5. The van der Waals surface area contributed by atoms with E-state index in [2.05, 4.69) is 31.3 Å². The first-order valence-corrected chi connectivity index (χ1v) is 13.8. The minimum atomic E-state index is -1.02. The summed E-state index contributed by atoms with van der Waals surface area (Å²) < 4.78 is 0. The van der Waals surface area contributed by atoms with Crippen molar-refractivity contribution >= 4 is 35.2 Å². The number of fused-ring (bicyclic) bond motifs is 1. The Hall–Kier alpha value is -4.42. The van der Waals surface area contributed by atoms with Crippen molar-refractivity contribution in [3.8, 4) is 0 Å². The van der Waals surface area contributed by atoms with Gasteiger partial charge in [-0.2, -0.15) is 5.21 Å². The van der Waals surface area contributed by atoms with Crippen LogP contribution < -0.4 is 15.5 Å². The zero-order valence-corrected chi connectivity index (χ0v) is 23.1. The lowest BCUT2D eigenvalue weighted by Gasteiger charge is -2.28. The number of para-hydroxylation sites is 1. The van der Waals surface area contributed by atoms with Crippen LogP contribution in [0.5, 0.6) is 0 Å². The Morgan fingerprint density at radius 3 is 2.51 bits per heavy atom. The summed E-state index contributed by atoms with van der Waals surface area (Å²) in [7, 11) is 0. The van der Waals surface area contributed by atoms with Crippen molar-refractivity contribution in [3.63, 3.8) is 0 Å². The summed E-state index contributed by atoms with van der Waals surface area (Å²) >= 11 is 0. The van der Waals surface area contributed by atoms with Crippen LogP contribution in [0.25, 0.3) is 0 Å². The number of rotatable bonds is 12. The number of benzene rings is 1. The molecule has 0 radical (unpaired) electrons. The molecule has 1 aromatic carbocycles. The lowest BCUT2D eigenvalue weighted by atomic mass is 9.76. The number of carbonyl (C=O) groups excluding carboxylic acids is 4. The van der Waals surface area contributed by atoms with E-state index in [-0.39, 0.29) is 37.6 Å². The molecule has 0 fully saturated rings. The van der Waals surface area contributed by atoms with Crippen molar-refractivity contribution in [2.24, 2.45) is 23.7 Å². The van der Waals surface area contributed by atoms with E-state index in [1.807, 2.05) is 32.1 Å². The molecule has 1 aliphatic heterocycles. The van der Waals surface area contributed by atoms with Gasteiger partial charge in [-0.25, -0.2) is 0 Å². The van der Waals surface area contributed by atoms with Gasteiger partial charge in [0.05, 0.1) is 19.0 Å². The number of aromatic nitrogens is 4. The average Bonchev–Trinajstić information content (AvgIpc) is 3.65.